The summed E-state index contributed by atoms with van der Waals surface area (Å²) in [5.74, 6) is 0. The molecule has 3 nitrogen and oxygen atoms in total. The van der Waals surface area contributed by atoms with Crippen molar-refractivity contribution in [2.45, 2.75) is 12.8 Å². The zero-order valence-corrected chi connectivity index (χ0v) is 8.49. The molecular formula is C6H15N2OP2+. The summed E-state index contributed by atoms with van der Waals surface area (Å²) < 4.78 is 10.2. The number of hydrazine groups is 1. The van der Waals surface area contributed by atoms with Crippen LogP contribution in [-0.2, 0) is 4.57 Å². The lowest BCUT2D eigenvalue weighted by Crippen LogP contribution is -2.16. The summed E-state index contributed by atoms with van der Waals surface area (Å²) in [6.07, 6.45) is 6.85. The highest BCUT2D eigenvalue weighted by molar-refractivity contribution is 7.42. The van der Waals surface area contributed by atoms with Crippen LogP contribution in [0.25, 0.3) is 0 Å². The van der Waals surface area contributed by atoms with Crippen LogP contribution in [0.3, 0.4) is 0 Å². The van der Waals surface area contributed by atoms with Gasteiger partial charge in [-0.25, -0.2) is 5.43 Å². The van der Waals surface area contributed by atoms with Crippen molar-refractivity contribution < 1.29 is 4.57 Å². The summed E-state index contributed by atoms with van der Waals surface area (Å²) in [6.45, 7) is 0.842. The van der Waals surface area contributed by atoms with Crippen molar-refractivity contribution in [2.75, 3.05) is 25.0 Å². The minimum Gasteiger partial charge on any atom is -0.213 e. The molecule has 0 aliphatic carbocycles. The molecule has 0 amide bonds. The molecule has 2 fully saturated rings. The van der Waals surface area contributed by atoms with Gasteiger partial charge in [-0.1, -0.05) is 0 Å². The standard InChI is InChI=1S/C4H9P.C2H6N2OP/c1-2-4-5-3-1;5-6-2-1-3-4-6/h5H,1-4H2;3H,1-2H2,(H,4,5)/q;+1. The SMILES string of the molecule is C1CCPC1.O=[P+]1CCNN1. The first-order chi connectivity index (χ1) is 5.39. The molecule has 0 radical (unpaired) electrons. The maximum Gasteiger partial charge on any atom is 0.448 e. The second-order valence-corrected chi connectivity index (χ2v) is 5.53. The van der Waals surface area contributed by atoms with Crippen molar-refractivity contribution in [2.24, 2.45) is 0 Å². The molecule has 2 aliphatic rings. The van der Waals surface area contributed by atoms with Crippen molar-refractivity contribution in [3.8, 4) is 0 Å². The summed E-state index contributed by atoms with van der Waals surface area (Å²) >= 11 is 0. The third kappa shape index (κ3) is 4.81. The van der Waals surface area contributed by atoms with Gasteiger partial charge in [0, 0.05) is 0 Å². The lowest BCUT2D eigenvalue weighted by molar-refractivity contribution is 0.582. The van der Waals surface area contributed by atoms with Gasteiger partial charge in [0.15, 0.2) is 6.16 Å². The van der Waals surface area contributed by atoms with E-state index in [0.29, 0.717) is 0 Å². The van der Waals surface area contributed by atoms with Crippen LogP contribution in [0.15, 0.2) is 0 Å². The van der Waals surface area contributed by atoms with Gasteiger partial charge >= 0.3 is 7.95 Å². The van der Waals surface area contributed by atoms with Crippen LogP contribution in [0, 0.1) is 0 Å². The van der Waals surface area contributed by atoms with Gasteiger partial charge in [0.05, 0.1) is 6.54 Å². The molecule has 1 unspecified atom stereocenters. The summed E-state index contributed by atoms with van der Waals surface area (Å²) in [5, 5.41) is 2.58. The molecule has 0 saturated carbocycles. The van der Waals surface area contributed by atoms with E-state index < -0.39 is 7.95 Å². The highest BCUT2D eigenvalue weighted by Crippen LogP contribution is 2.21. The van der Waals surface area contributed by atoms with E-state index in [1.807, 2.05) is 0 Å². The molecule has 11 heavy (non-hydrogen) atoms. The fourth-order valence-corrected chi connectivity index (χ4v) is 2.95. The quantitative estimate of drug-likeness (QED) is 0.569. The Hall–Kier alpha value is 0.450. The van der Waals surface area contributed by atoms with Crippen molar-refractivity contribution >= 4 is 16.5 Å². The smallest absolute Gasteiger partial charge is 0.213 e. The Bertz CT molecular complexity index is 112. The fourth-order valence-electron chi connectivity index (χ4n) is 0.982. The van der Waals surface area contributed by atoms with Crippen molar-refractivity contribution in [3.05, 3.63) is 0 Å². The van der Waals surface area contributed by atoms with Gasteiger partial charge in [0.2, 0.25) is 0 Å². The van der Waals surface area contributed by atoms with Crippen LogP contribution in [0.2, 0.25) is 0 Å². The first-order valence-corrected chi connectivity index (χ1v) is 6.89. The van der Waals surface area contributed by atoms with E-state index >= 15 is 0 Å². The van der Waals surface area contributed by atoms with Gasteiger partial charge in [-0.3, -0.25) is 0 Å². The molecule has 2 aliphatic heterocycles. The van der Waals surface area contributed by atoms with Crippen LogP contribution in [0.5, 0.6) is 0 Å². The van der Waals surface area contributed by atoms with Gasteiger partial charge in [-0.2, -0.15) is 0 Å². The first-order valence-electron chi connectivity index (χ1n) is 4.03. The van der Waals surface area contributed by atoms with Gasteiger partial charge < -0.3 is 0 Å². The van der Waals surface area contributed by atoms with Crippen molar-refractivity contribution in [3.63, 3.8) is 0 Å². The van der Waals surface area contributed by atoms with Crippen LogP contribution in [-0.4, -0.2) is 25.0 Å². The summed E-state index contributed by atoms with van der Waals surface area (Å²) in [7, 11) is 0.233. The zero-order valence-electron chi connectivity index (χ0n) is 6.60. The van der Waals surface area contributed by atoms with E-state index in [2.05, 4.69) is 10.6 Å². The van der Waals surface area contributed by atoms with E-state index in [-0.39, 0.29) is 0 Å². The van der Waals surface area contributed by atoms with E-state index in [1.54, 1.807) is 0 Å². The molecule has 0 aromatic heterocycles. The molecule has 0 spiro atoms. The molecule has 0 aromatic carbocycles. The average molecular weight is 193 g/mol. The number of nitrogens with one attached hydrogen (secondary N) is 2. The Morgan fingerprint density at radius 1 is 1.27 bits per heavy atom. The molecule has 0 bridgehead atoms. The number of rotatable bonds is 0. The highest BCUT2D eigenvalue weighted by atomic mass is 31.1. The largest absolute Gasteiger partial charge is 0.448 e. The Labute approximate surface area is 70.3 Å². The Balaban J connectivity index is 0.000000112. The van der Waals surface area contributed by atoms with Crippen molar-refractivity contribution in [1.82, 2.24) is 10.6 Å². The molecule has 2 saturated heterocycles. The molecular weight excluding hydrogens is 178 g/mol. The second kappa shape index (κ2) is 6.02. The van der Waals surface area contributed by atoms with Gasteiger partial charge in [0.25, 0.3) is 0 Å². The van der Waals surface area contributed by atoms with Gasteiger partial charge in [0.1, 0.15) is 0 Å². The van der Waals surface area contributed by atoms with Crippen LogP contribution >= 0.6 is 16.5 Å². The fraction of sp³-hybridized carbons (Fsp3) is 1.00. The third-order valence-corrected chi connectivity index (χ3v) is 4.05. The van der Waals surface area contributed by atoms with Crippen LogP contribution in [0.1, 0.15) is 12.8 Å². The molecule has 2 rings (SSSR count). The zero-order chi connectivity index (χ0) is 7.94. The molecule has 2 heterocycles. The number of hydrogen-bond acceptors (Lipinski definition) is 2. The summed E-state index contributed by atoms with van der Waals surface area (Å²) in [4.78, 5) is 0. The monoisotopic (exact) mass is 193 g/mol. The molecule has 5 heteroatoms. The summed E-state index contributed by atoms with van der Waals surface area (Å²) in [6, 6.07) is 0. The van der Waals surface area contributed by atoms with E-state index in [9.17, 15) is 4.57 Å². The second-order valence-electron chi connectivity index (χ2n) is 2.60. The van der Waals surface area contributed by atoms with Crippen LogP contribution < -0.4 is 10.6 Å². The predicted molar refractivity (Wildman–Crippen MR) is 50.9 cm³/mol. The molecule has 2 N–H and O–H groups in total. The topological polar surface area (TPSA) is 41.1 Å². The Morgan fingerprint density at radius 2 is 2.00 bits per heavy atom. The average Bonchev–Trinajstić information content (AvgIpc) is 2.57. The Kier molecular flexibility index (Phi) is 5.22. The summed E-state index contributed by atoms with van der Waals surface area (Å²) in [5.41, 5.74) is 2.74. The van der Waals surface area contributed by atoms with Crippen LogP contribution in [0.4, 0.5) is 0 Å². The minimum absolute atomic E-state index is 0.773. The van der Waals surface area contributed by atoms with E-state index in [4.69, 9.17) is 0 Å². The normalized spacial score (nSPS) is 26.4. The first kappa shape index (κ1) is 9.54. The van der Waals surface area contributed by atoms with E-state index in [1.165, 1.54) is 33.7 Å². The lowest BCUT2D eigenvalue weighted by Gasteiger charge is -1.70. The molecule has 1 atom stereocenters. The lowest BCUT2D eigenvalue weighted by atomic mass is 10.4. The predicted octanol–water partition coefficient (Wildman–Crippen LogP) is 1.30. The van der Waals surface area contributed by atoms with Crippen molar-refractivity contribution in [1.29, 1.82) is 0 Å². The molecule has 64 valence electrons. The maximum absolute atomic E-state index is 10.2. The van der Waals surface area contributed by atoms with E-state index in [0.717, 1.165) is 12.7 Å². The molecule has 0 aromatic rings. The maximum atomic E-state index is 10.2. The van der Waals surface area contributed by atoms with Gasteiger partial charge in [-0.05, 0) is 34.9 Å². The minimum atomic E-state index is -1.08. The number of hydrogen-bond donors (Lipinski definition) is 2. The highest BCUT2D eigenvalue weighted by Gasteiger charge is 2.19. The Morgan fingerprint density at radius 3 is 2.18 bits per heavy atom. The third-order valence-electron chi connectivity index (χ3n) is 1.60. The van der Waals surface area contributed by atoms with Gasteiger partial charge in [-0.15, -0.1) is 8.58 Å².